The smallest absolute Gasteiger partial charge is 0.0809 e. The Labute approximate surface area is 103 Å². The summed E-state index contributed by atoms with van der Waals surface area (Å²) in [6.45, 7) is 3.61. The molecule has 0 radical (unpaired) electrons. The first-order chi connectivity index (χ1) is 8.29. The van der Waals surface area contributed by atoms with Crippen LogP contribution >= 0.6 is 0 Å². The highest BCUT2D eigenvalue weighted by molar-refractivity contribution is 5.13. The summed E-state index contributed by atoms with van der Waals surface area (Å²) in [6, 6.07) is 10.1. The van der Waals surface area contributed by atoms with Crippen molar-refractivity contribution in [2.45, 2.75) is 6.61 Å². The molecule has 4 nitrogen and oxygen atoms in total. The van der Waals surface area contributed by atoms with Crippen LogP contribution < -0.4 is 5.48 Å². The molecule has 0 fully saturated rings. The predicted octanol–water partition coefficient (Wildman–Crippen LogP) is 1.29. The van der Waals surface area contributed by atoms with E-state index in [0.717, 1.165) is 6.54 Å². The van der Waals surface area contributed by atoms with E-state index in [1.807, 2.05) is 32.3 Å². The fourth-order valence-corrected chi connectivity index (χ4v) is 1.25. The molecule has 17 heavy (non-hydrogen) atoms. The molecule has 4 heteroatoms. The third kappa shape index (κ3) is 7.88. The lowest BCUT2D eigenvalue weighted by atomic mass is 10.2. The van der Waals surface area contributed by atoms with Crippen molar-refractivity contribution in [2.24, 2.45) is 0 Å². The van der Waals surface area contributed by atoms with E-state index in [2.05, 4.69) is 22.5 Å². The van der Waals surface area contributed by atoms with Crippen LogP contribution in [-0.2, 0) is 16.2 Å². The summed E-state index contributed by atoms with van der Waals surface area (Å²) in [6.07, 6.45) is 0. The van der Waals surface area contributed by atoms with Gasteiger partial charge in [0.1, 0.15) is 0 Å². The van der Waals surface area contributed by atoms with Crippen molar-refractivity contribution in [1.82, 2.24) is 10.4 Å². The van der Waals surface area contributed by atoms with Crippen LogP contribution in [0.3, 0.4) is 0 Å². The molecule has 0 heterocycles. The van der Waals surface area contributed by atoms with Gasteiger partial charge in [-0.3, -0.25) is 0 Å². The van der Waals surface area contributed by atoms with Gasteiger partial charge in [-0.05, 0) is 19.7 Å². The predicted molar refractivity (Wildman–Crippen MR) is 68.6 cm³/mol. The molecule has 0 spiro atoms. The van der Waals surface area contributed by atoms with Crippen molar-refractivity contribution in [2.75, 3.05) is 40.4 Å². The number of nitrogens with one attached hydrogen (secondary N) is 1. The molecule has 1 rings (SSSR count). The zero-order chi connectivity index (χ0) is 12.3. The Morgan fingerprint density at radius 2 is 1.88 bits per heavy atom. The van der Waals surface area contributed by atoms with E-state index in [1.165, 1.54) is 5.56 Å². The summed E-state index contributed by atoms with van der Waals surface area (Å²) in [5.74, 6) is 0. The van der Waals surface area contributed by atoms with Crippen LogP contribution in [0.15, 0.2) is 30.3 Å². The van der Waals surface area contributed by atoms with Crippen LogP contribution in [0.25, 0.3) is 0 Å². The zero-order valence-electron chi connectivity index (χ0n) is 10.7. The monoisotopic (exact) mass is 238 g/mol. The van der Waals surface area contributed by atoms with Crippen LogP contribution in [0.4, 0.5) is 0 Å². The molecule has 0 aliphatic heterocycles. The Hall–Kier alpha value is -0.940. The van der Waals surface area contributed by atoms with E-state index in [-0.39, 0.29) is 0 Å². The van der Waals surface area contributed by atoms with Crippen molar-refractivity contribution in [3.05, 3.63) is 35.9 Å². The first-order valence-electron chi connectivity index (χ1n) is 5.90. The Morgan fingerprint density at radius 1 is 1.12 bits per heavy atom. The maximum absolute atomic E-state index is 5.49. The minimum absolute atomic E-state index is 0.650. The fourth-order valence-electron chi connectivity index (χ4n) is 1.25. The molecule has 0 unspecified atom stereocenters. The molecular weight excluding hydrogens is 216 g/mol. The minimum Gasteiger partial charge on any atom is -0.375 e. The number of rotatable bonds is 9. The molecule has 1 aromatic carbocycles. The van der Waals surface area contributed by atoms with Gasteiger partial charge in [0.05, 0.1) is 19.8 Å². The number of hydrogen-bond donors (Lipinski definition) is 1. The quantitative estimate of drug-likeness (QED) is 0.519. The average Bonchev–Trinajstić information content (AvgIpc) is 2.33. The average molecular weight is 238 g/mol. The number of ether oxygens (including phenoxy) is 1. The fraction of sp³-hybridized carbons (Fsp3) is 0.538. The Kier molecular flexibility index (Phi) is 7.58. The van der Waals surface area contributed by atoms with Crippen molar-refractivity contribution in [1.29, 1.82) is 0 Å². The molecular formula is C13H22N2O2. The summed E-state index contributed by atoms with van der Waals surface area (Å²) in [5.41, 5.74) is 4.07. The van der Waals surface area contributed by atoms with Gasteiger partial charge in [0.15, 0.2) is 0 Å². The summed E-state index contributed by atoms with van der Waals surface area (Å²) in [5, 5.41) is 0. The van der Waals surface area contributed by atoms with Crippen molar-refractivity contribution >= 4 is 0 Å². The van der Waals surface area contributed by atoms with E-state index < -0.39 is 0 Å². The SMILES string of the molecule is CN(C)CCONCCOCc1ccccc1. The standard InChI is InChI=1S/C13H22N2O2/c1-15(2)9-11-17-14-8-10-16-12-13-6-4-3-5-7-13/h3-7,14H,8-12H2,1-2H3. The maximum Gasteiger partial charge on any atom is 0.0809 e. The molecule has 0 atom stereocenters. The van der Waals surface area contributed by atoms with Gasteiger partial charge in [0.2, 0.25) is 0 Å². The van der Waals surface area contributed by atoms with Crippen LogP contribution in [0.5, 0.6) is 0 Å². The van der Waals surface area contributed by atoms with Gasteiger partial charge >= 0.3 is 0 Å². The Bertz CT molecular complexity index is 278. The number of benzene rings is 1. The van der Waals surface area contributed by atoms with Crippen LogP contribution in [0.2, 0.25) is 0 Å². The second kappa shape index (κ2) is 9.13. The third-order valence-electron chi connectivity index (χ3n) is 2.20. The van der Waals surface area contributed by atoms with Gasteiger partial charge in [-0.25, -0.2) is 5.48 Å². The molecule has 96 valence electrons. The number of likely N-dealkylation sites (N-methyl/N-ethyl adjacent to an activating group) is 1. The minimum atomic E-state index is 0.650. The summed E-state index contributed by atoms with van der Waals surface area (Å²) >= 11 is 0. The zero-order valence-corrected chi connectivity index (χ0v) is 10.7. The largest absolute Gasteiger partial charge is 0.375 e. The Balaban J connectivity index is 1.88. The van der Waals surface area contributed by atoms with Gasteiger partial charge in [-0.1, -0.05) is 30.3 Å². The normalized spacial score (nSPS) is 11.0. The highest BCUT2D eigenvalue weighted by atomic mass is 16.6. The highest BCUT2D eigenvalue weighted by Gasteiger charge is 1.93. The first-order valence-corrected chi connectivity index (χ1v) is 5.90. The second-order valence-electron chi connectivity index (χ2n) is 4.08. The number of hydrogen-bond acceptors (Lipinski definition) is 4. The van der Waals surface area contributed by atoms with Gasteiger partial charge in [-0.15, -0.1) is 0 Å². The van der Waals surface area contributed by atoms with Crippen molar-refractivity contribution < 1.29 is 9.57 Å². The van der Waals surface area contributed by atoms with E-state index in [4.69, 9.17) is 9.57 Å². The highest BCUT2D eigenvalue weighted by Crippen LogP contribution is 1.99. The second-order valence-corrected chi connectivity index (χ2v) is 4.08. The van der Waals surface area contributed by atoms with Gasteiger partial charge in [0.25, 0.3) is 0 Å². The molecule has 0 aliphatic rings. The molecule has 0 bridgehead atoms. The summed E-state index contributed by atoms with van der Waals surface area (Å²) in [7, 11) is 4.04. The van der Waals surface area contributed by atoms with Gasteiger partial charge in [0, 0.05) is 13.1 Å². The van der Waals surface area contributed by atoms with E-state index in [9.17, 15) is 0 Å². The summed E-state index contributed by atoms with van der Waals surface area (Å²) < 4.78 is 5.49. The van der Waals surface area contributed by atoms with Gasteiger partial charge in [-0.2, -0.15) is 0 Å². The van der Waals surface area contributed by atoms with E-state index in [1.54, 1.807) is 0 Å². The van der Waals surface area contributed by atoms with Crippen molar-refractivity contribution in [3.63, 3.8) is 0 Å². The first kappa shape index (κ1) is 14.1. The Morgan fingerprint density at radius 3 is 2.59 bits per heavy atom. The van der Waals surface area contributed by atoms with Crippen LogP contribution in [0.1, 0.15) is 5.56 Å². The lowest BCUT2D eigenvalue weighted by molar-refractivity contribution is 0.0118. The molecule has 0 saturated heterocycles. The summed E-state index contributed by atoms with van der Waals surface area (Å²) in [4.78, 5) is 7.30. The lowest BCUT2D eigenvalue weighted by Gasteiger charge is -2.10. The van der Waals surface area contributed by atoms with Crippen LogP contribution in [0, 0.1) is 0 Å². The van der Waals surface area contributed by atoms with Crippen LogP contribution in [-0.4, -0.2) is 45.3 Å². The number of hydroxylamine groups is 1. The third-order valence-corrected chi connectivity index (χ3v) is 2.20. The maximum atomic E-state index is 5.49. The number of nitrogens with zero attached hydrogens (tertiary/aromatic N) is 1. The van der Waals surface area contributed by atoms with E-state index >= 15 is 0 Å². The van der Waals surface area contributed by atoms with E-state index in [0.29, 0.717) is 26.4 Å². The topological polar surface area (TPSA) is 33.7 Å². The molecule has 1 aromatic rings. The van der Waals surface area contributed by atoms with Crippen molar-refractivity contribution in [3.8, 4) is 0 Å². The lowest BCUT2D eigenvalue weighted by Crippen LogP contribution is -2.25. The molecule has 0 aliphatic carbocycles. The molecule has 0 aromatic heterocycles. The molecule has 1 N–H and O–H groups in total. The van der Waals surface area contributed by atoms with Gasteiger partial charge < -0.3 is 14.5 Å². The molecule has 0 amide bonds. The molecule has 0 saturated carbocycles.